The molecule has 2 fully saturated rings. The van der Waals surface area contributed by atoms with E-state index in [0.29, 0.717) is 17.6 Å². The summed E-state index contributed by atoms with van der Waals surface area (Å²) in [5, 5.41) is 3.35. The van der Waals surface area contributed by atoms with E-state index in [2.05, 4.69) is 5.32 Å². The molecule has 1 aromatic rings. The first-order valence-corrected chi connectivity index (χ1v) is 7.09. The Labute approximate surface area is 113 Å². The van der Waals surface area contributed by atoms with Crippen LogP contribution in [0.1, 0.15) is 30.4 Å². The standard InChI is InChI=1S/C16H20FNO/c1-11-8-13(17)3-2-12(11)9-15(19)14-10-16(14)4-6-18-7-5-16/h2-3,8,14,18H,4-7,9-10H2,1H3. The van der Waals surface area contributed by atoms with Gasteiger partial charge in [0.25, 0.3) is 0 Å². The van der Waals surface area contributed by atoms with E-state index in [9.17, 15) is 9.18 Å². The molecule has 1 saturated heterocycles. The molecule has 1 heterocycles. The summed E-state index contributed by atoms with van der Waals surface area (Å²) in [6.07, 6.45) is 3.79. The van der Waals surface area contributed by atoms with Crippen molar-refractivity contribution < 1.29 is 9.18 Å². The summed E-state index contributed by atoms with van der Waals surface area (Å²) < 4.78 is 13.0. The van der Waals surface area contributed by atoms with Crippen molar-refractivity contribution in [3.63, 3.8) is 0 Å². The van der Waals surface area contributed by atoms with Crippen molar-refractivity contribution in [2.24, 2.45) is 11.3 Å². The summed E-state index contributed by atoms with van der Waals surface area (Å²) >= 11 is 0. The fraction of sp³-hybridized carbons (Fsp3) is 0.562. The first-order valence-electron chi connectivity index (χ1n) is 7.09. The Bertz CT molecular complexity index is 505. The average molecular weight is 261 g/mol. The van der Waals surface area contributed by atoms with Gasteiger partial charge in [0.15, 0.2) is 0 Å². The zero-order chi connectivity index (χ0) is 13.5. The van der Waals surface area contributed by atoms with E-state index in [4.69, 9.17) is 0 Å². The van der Waals surface area contributed by atoms with E-state index in [-0.39, 0.29) is 11.7 Å². The predicted octanol–water partition coefficient (Wildman–Crippen LogP) is 2.64. The molecule has 1 spiro atoms. The normalized spacial score (nSPS) is 24.4. The molecule has 0 aromatic heterocycles. The van der Waals surface area contributed by atoms with Gasteiger partial charge in [0.05, 0.1) is 0 Å². The molecule has 2 aliphatic rings. The number of benzene rings is 1. The topological polar surface area (TPSA) is 29.1 Å². The number of carbonyl (C=O) groups excluding carboxylic acids is 1. The number of carbonyl (C=O) groups is 1. The van der Waals surface area contributed by atoms with Crippen LogP contribution < -0.4 is 5.32 Å². The summed E-state index contributed by atoms with van der Waals surface area (Å²) in [5.74, 6) is 0.366. The number of rotatable bonds is 3. The van der Waals surface area contributed by atoms with Crippen molar-refractivity contribution in [3.8, 4) is 0 Å². The zero-order valence-electron chi connectivity index (χ0n) is 11.3. The second-order valence-corrected chi connectivity index (χ2v) is 6.08. The van der Waals surface area contributed by atoms with Gasteiger partial charge in [-0.05, 0) is 68.0 Å². The SMILES string of the molecule is Cc1cc(F)ccc1CC(=O)C1CC12CCNCC2. The summed E-state index contributed by atoms with van der Waals surface area (Å²) in [5.41, 5.74) is 2.16. The minimum atomic E-state index is -0.227. The van der Waals surface area contributed by atoms with Crippen molar-refractivity contribution in [1.29, 1.82) is 0 Å². The number of halogens is 1. The molecule has 3 heteroatoms. The van der Waals surface area contributed by atoms with Crippen LogP contribution in [0.2, 0.25) is 0 Å². The van der Waals surface area contributed by atoms with Gasteiger partial charge in [-0.1, -0.05) is 6.07 Å². The fourth-order valence-corrected chi connectivity index (χ4v) is 3.45. The van der Waals surface area contributed by atoms with Crippen LogP contribution in [-0.2, 0) is 11.2 Å². The van der Waals surface area contributed by atoms with E-state index < -0.39 is 0 Å². The predicted molar refractivity (Wildman–Crippen MR) is 72.5 cm³/mol. The first-order chi connectivity index (χ1) is 9.11. The molecule has 1 aliphatic heterocycles. The number of hydrogen-bond acceptors (Lipinski definition) is 2. The highest BCUT2D eigenvalue weighted by Crippen LogP contribution is 2.59. The average Bonchev–Trinajstić information content (AvgIpc) is 3.07. The quantitative estimate of drug-likeness (QED) is 0.906. The van der Waals surface area contributed by atoms with E-state index in [0.717, 1.165) is 43.5 Å². The number of aryl methyl sites for hydroxylation is 1. The molecule has 0 radical (unpaired) electrons. The number of Topliss-reactive ketones (excluding diaryl/α,β-unsaturated/α-hetero) is 1. The minimum Gasteiger partial charge on any atom is -0.317 e. The molecule has 1 N–H and O–H groups in total. The minimum absolute atomic E-state index is 0.227. The highest BCUT2D eigenvalue weighted by molar-refractivity contribution is 5.87. The van der Waals surface area contributed by atoms with Crippen LogP contribution in [0.15, 0.2) is 18.2 Å². The summed E-state index contributed by atoms with van der Waals surface area (Å²) in [7, 11) is 0. The Kier molecular flexibility index (Phi) is 3.17. The lowest BCUT2D eigenvalue weighted by Crippen LogP contribution is -2.31. The van der Waals surface area contributed by atoms with Gasteiger partial charge in [-0.15, -0.1) is 0 Å². The second-order valence-electron chi connectivity index (χ2n) is 6.08. The third kappa shape index (κ3) is 2.44. The van der Waals surface area contributed by atoms with Gasteiger partial charge in [-0.2, -0.15) is 0 Å². The van der Waals surface area contributed by atoms with Crippen LogP contribution in [0.4, 0.5) is 4.39 Å². The van der Waals surface area contributed by atoms with E-state index in [1.54, 1.807) is 6.07 Å². The molecule has 1 aromatic carbocycles. The van der Waals surface area contributed by atoms with Gasteiger partial charge >= 0.3 is 0 Å². The summed E-state index contributed by atoms with van der Waals surface area (Å²) in [6, 6.07) is 4.71. The Hall–Kier alpha value is -1.22. The number of nitrogens with one attached hydrogen (secondary N) is 1. The summed E-state index contributed by atoms with van der Waals surface area (Å²) in [6.45, 7) is 3.96. The lowest BCUT2D eigenvalue weighted by atomic mass is 9.89. The van der Waals surface area contributed by atoms with Crippen molar-refractivity contribution >= 4 is 5.78 Å². The largest absolute Gasteiger partial charge is 0.317 e. The molecule has 1 atom stereocenters. The zero-order valence-corrected chi connectivity index (χ0v) is 11.3. The first kappa shape index (κ1) is 12.8. The molecular weight excluding hydrogens is 241 g/mol. The third-order valence-electron chi connectivity index (χ3n) is 4.85. The van der Waals surface area contributed by atoms with Gasteiger partial charge in [0.2, 0.25) is 0 Å². The van der Waals surface area contributed by atoms with Crippen molar-refractivity contribution in [1.82, 2.24) is 5.32 Å². The molecule has 3 rings (SSSR count). The second kappa shape index (κ2) is 4.71. The molecule has 0 bridgehead atoms. The molecule has 1 aliphatic carbocycles. The van der Waals surface area contributed by atoms with Crippen molar-refractivity contribution in [3.05, 3.63) is 35.1 Å². The summed E-state index contributed by atoms with van der Waals surface area (Å²) in [4.78, 5) is 12.4. The smallest absolute Gasteiger partial charge is 0.140 e. The van der Waals surface area contributed by atoms with Gasteiger partial charge in [-0.25, -0.2) is 4.39 Å². The van der Waals surface area contributed by atoms with Crippen LogP contribution in [0.25, 0.3) is 0 Å². The van der Waals surface area contributed by atoms with Crippen LogP contribution in [0.3, 0.4) is 0 Å². The number of hydrogen-bond donors (Lipinski definition) is 1. The van der Waals surface area contributed by atoms with Crippen LogP contribution in [0.5, 0.6) is 0 Å². The molecular formula is C16H20FNO. The lowest BCUT2D eigenvalue weighted by Gasteiger charge is -2.23. The highest BCUT2D eigenvalue weighted by Gasteiger charge is 2.56. The van der Waals surface area contributed by atoms with Gasteiger partial charge < -0.3 is 5.32 Å². The molecule has 1 saturated carbocycles. The van der Waals surface area contributed by atoms with Crippen molar-refractivity contribution in [2.75, 3.05) is 13.1 Å². The van der Waals surface area contributed by atoms with E-state index in [1.807, 2.05) is 6.92 Å². The van der Waals surface area contributed by atoms with Crippen LogP contribution >= 0.6 is 0 Å². The maximum atomic E-state index is 13.0. The van der Waals surface area contributed by atoms with Gasteiger partial charge in [-0.3, -0.25) is 4.79 Å². The maximum absolute atomic E-state index is 13.0. The van der Waals surface area contributed by atoms with E-state index >= 15 is 0 Å². The Morgan fingerprint density at radius 3 is 2.84 bits per heavy atom. The third-order valence-corrected chi connectivity index (χ3v) is 4.85. The maximum Gasteiger partial charge on any atom is 0.140 e. The van der Waals surface area contributed by atoms with Gasteiger partial charge in [0, 0.05) is 12.3 Å². The van der Waals surface area contributed by atoms with Crippen LogP contribution in [-0.4, -0.2) is 18.9 Å². The molecule has 0 amide bonds. The molecule has 19 heavy (non-hydrogen) atoms. The Morgan fingerprint density at radius 2 is 2.16 bits per heavy atom. The number of piperidine rings is 1. The molecule has 2 nitrogen and oxygen atoms in total. The highest BCUT2D eigenvalue weighted by atomic mass is 19.1. The molecule has 102 valence electrons. The van der Waals surface area contributed by atoms with E-state index in [1.165, 1.54) is 12.1 Å². The lowest BCUT2D eigenvalue weighted by molar-refractivity contribution is -0.120. The monoisotopic (exact) mass is 261 g/mol. The Balaban J connectivity index is 1.66. The molecule has 1 unspecified atom stereocenters. The van der Waals surface area contributed by atoms with Crippen molar-refractivity contribution in [2.45, 2.75) is 32.6 Å². The Morgan fingerprint density at radius 1 is 1.42 bits per heavy atom. The van der Waals surface area contributed by atoms with Crippen LogP contribution in [0, 0.1) is 24.1 Å². The number of ketones is 1. The fourth-order valence-electron chi connectivity index (χ4n) is 3.45. The van der Waals surface area contributed by atoms with Gasteiger partial charge in [0.1, 0.15) is 11.6 Å².